The summed E-state index contributed by atoms with van der Waals surface area (Å²) in [7, 11) is 0. The van der Waals surface area contributed by atoms with Crippen LogP contribution in [0.15, 0.2) is 35.3 Å². The van der Waals surface area contributed by atoms with E-state index in [9.17, 15) is 0 Å². The Labute approximate surface area is 140 Å². The Bertz CT molecular complexity index is 462. The van der Waals surface area contributed by atoms with E-state index in [-0.39, 0.29) is 0 Å². The Kier molecular flexibility index (Phi) is 7.20. The molecule has 0 aromatic heterocycles. The summed E-state index contributed by atoms with van der Waals surface area (Å²) in [6.07, 6.45) is 1.08. The highest BCUT2D eigenvalue weighted by Crippen LogP contribution is 2.15. The van der Waals surface area contributed by atoms with Crippen LogP contribution in [0.3, 0.4) is 0 Å². The maximum atomic E-state index is 6.00. The smallest absolute Gasteiger partial charge is 0.191 e. The number of hydrogen-bond donors (Lipinski definition) is 1. The van der Waals surface area contributed by atoms with Gasteiger partial charge < -0.3 is 15.5 Å². The highest BCUT2D eigenvalue weighted by molar-refractivity contribution is 5.77. The minimum absolute atomic E-state index is 0.684. The van der Waals surface area contributed by atoms with E-state index in [2.05, 4.69) is 63.9 Å². The first-order valence-electron chi connectivity index (χ1n) is 8.81. The molecule has 128 valence electrons. The van der Waals surface area contributed by atoms with Crippen LogP contribution in [0, 0.1) is 0 Å². The van der Waals surface area contributed by atoms with E-state index in [4.69, 9.17) is 5.73 Å². The molecule has 0 aliphatic carbocycles. The average Bonchev–Trinajstić information content (AvgIpc) is 2.61. The van der Waals surface area contributed by atoms with Crippen molar-refractivity contribution in [3.63, 3.8) is 0 Å². The molecule has 2 N–H and O–H groups in total. The second-order valence-electron chi connectivity index (χ2n) is 5.93. The number of para-hydroxylation sites is 1. The van der Waals surface area contributed by atoms with E-state index in [1.54, 1.807) is 0 Å². The van der Waals surface area contributed by atoms with Crippen molar-refractivity contribution >= 4 is 11.6 Å². The zero-order valence-electron chi connectivity index (χ0n) is 14.6. The number of piperazine rings is 1. The zero-order chi connectivity index (χ0) is 16.5. The lowest BCUT2D eigenvalue weighted by Crippen LogP contribution is -2.46. The van der Waals surface area contributed by atoms with Crippen LogP contribution >= 0.6 is 0 Å². The topological polar surface area (TPSA) is 48.1 Å². The number of guanidine groups is 1. The second kappa shape index (κ2) is 9.40. The third kappa shape index (κ3) is 5.43. The van der Waals surface area contributed by atoms with Crippen LogP contribution < -0.4 is 10.6 Å². The zero-order valence-corrected chi connectivity index (χ0v) is 14.6. The number of rotatable bonds is 7. The largest absolute Gasteiger partial charge is 0.370 e. The summed E-state index contributed by atoms with van der Waals surface area (Å²) in [5, 5.41) is 0. The van der Waals surface area contributed by atoms with Crippen LogP contribution in [0.5, 0.6) is 0 Å². The van der Waals surface area contributed by atoms with Gasteiger partial charge in [-0.25, -0.2) is 0 Å². The van der Waals surface area contributed by atoms with Gasteiger partial charge in [0.2, 0.25) is 0 Å². The first-order valence-corrected chi connectivity index (χ1v) is 8.81. The van der Waals surface area contributed by atoms with Crippen molar-refractivity contribution in [3.05, 3.63) is 30.3 Å². The van der Waals surface area contributed by atoms with Gasteiger partial charge in [-0.1, -0.05) is 18.2 Å². The molecule has 1 aromatic carbocycles. The number of nitrogens with zero attached hydrogens (tertiary/aromatic N) is 4. The number of hydrogen-bond acceptors (Lipinski definition) is 3. The van der Waals surface area contributed by atoms with E-state index < -0.39 is 0 Å². The van der Waals surface area contributed by atoms with E-state index in [1.807, 2.05) is 0 Å². The van der Waals surface area contributed by atoms with Gasteiger partial charge in [-0.15, -0.1) is 0 Å². The lowest BCUT2D eigenvalue weighted by molar-refractivity contribution is 0.256. The fourth-order valence-electron chi connectivity index (χ4n) is 3.00. The van der Waals surface area contributed by atoms with E-state index in [1.165, 1.54) is 5.69 Å². The molecule has 1 aliphatic rings. The van der Waals surface area contributed by atoms with Gasteiger partial charge in [-0.05, 0) is 32.4 Å². The van der Waals surface area contributed by atoms with Gasteiger partial charge in [0, 0.05) is 58.0 Å². The molecule has 2 rings (SSSR count). The predicted molar refractivity (Wildman–Crippen MR) is 99.1 cm³/mol. The molecule has 1 saturated heterocycles. The molecule has 0 saturated carbocycles. The van der Waals surface area contributed by atoms with Gasteiger partial charge in [-0.2, -0.15) is 0 Å². The number of aliphatic imine (C=N–C) groups is 1. The number of anilines is 1. The van der Waals surface area contributed by atoms with Crippen LogP contribution in [0.1, 0.15) is 20.3 Å². The third-order valence-electron chi connectivity index (χ3n) is 4.49. The SMILES string of the molecule is CCN(CC)C(N)=NCCCN1CCN(c2ccccc2)CC1. The molecule has 1 aliphatic heterocycles. The summed E-state index contributed by atoms with van der Waals surface area (Å²) in [5.74, 6) is 0.684. The van der Waals surface area contributed by atoms with Crippen molar-refractivity contribution in [2.24, 2.45) is 10.7 Å². The standard InChI is InChI=1S/C18H31N5/c1-3-22(4-2)18(19)20-11-8-12-21-13-15-23(16-14-21)17-9-6-5-7-10-17/h5-7,9-10H,3-4,8,11-16H2,1-2H3,(H2,19,20). The monoisotopic (exact) mass is 317 g/mol. The molecule has 5 heteroatoms. The first kappa shape index (κ1) is 17.6. The molecular formula is C18H31N5. The number of benzene rings is 1. The lowest BCUT2D eigenvalue weighted by Gasteiger charge is -2.36. The Morgan fingerprint density at radius 3 is 2.35 bits per heavy atom. The summed E-state index contributed by atoms with van der Waals surface area (Å²) in [6, 6.07) is 10.7. The van der Waals surface area contributed by atoms with Crippen molar-refractivity contribution in [2.45, 2.75) is 20.3 Å². The van der Waals surface area contributed by atoms with Gasteiger partial charge in [-0.3, -0.25) is 9.89 Å². The van der Waals surface area contributed by atoms with Crippen molar-refractivity contribution in [2.75, 3.05) is 57.3 Å². The minimum Gasteiger partial charge on any atom is -0.370 e. The Morgan fingerprint density at radius 2 is 1.74 bits per heavy atom. The van der Waals surface area contributed by atoms with Gasteiger partial charge in [0.05, 0.1) is 0 Å². The van der Waals surface area contributed by atoms with Crippen molar-refractivity contribution in [1.82, 2.24) is 9.80 Å². The minimum atomic E-state index is 0.684. The quantitative estimate of drug-likeness (QED) is 0.474. The third-order valence-corrected chi connectivity index (χ3v) is 4.49. The highest BCUT2D eigenvalue weighted by atomic mass is 15.3. The van der Waals surface area contributed by atoms with Gasteiger partial charge in [0.25, 0.3) is 0 Å². The van der Waals surface area contributed by atoms with Crippen LogP contribution in [0.2, 0.25) is 0 Å². The Morgan fingerprint density at radius 1 is 1.09 bits per heavy atom. The molecule has 23 heavy (non-hydrogen) atoms. The van der Waals surface area contributed by atoms with Crippen LogP contribution in [-0.2, 0) is 0 Å². The van der Waals surface area contributed by atoms with Crippen molar-refractivity contribution in [1.29, 1.82) is 0 Å². The fourth-order valence-corrected chi connectivity index (χ4v) is 3.00. The Balaban J connectivity index is 1.66. The lowest BCUT2D eigenvalue weighted by atomic mass is 10.2. The van der Waals surface area contributed by atoms with Crippen LogP contribution in [-0.4, -0.2) is 68.1 Å². The molecule has 1 heterocycles. The molecule has 5 nitrogen and oxygen atoms in total. The summed E-state index contributed by atoms with van der Waals surface area (Å²) < 4.78 is 0. The second-order valence-corrected chi connectivity index (χ2v) is 5.93. The molecule has 0 unspecified atom stereocenters. The summed E-state index contributed by atoms with van der Waals surface area (Å²) >= 11 is 0. The van der Waals surface area contributed by atoms with Crippen molar-refractivity contribution in [3.8, 4) is 0 Å². The molecular weight excluding hydrogens is 286 g/mol. The first-order chi connectivity index (χ1) is 11.2. The number of nitrogens with two attached hydrogens (primary N) is 1. The van der Waals surface area contributed by atoms with Gasteiger partial charge in [0.1, 0.15) is 0 Å². The normalized spacial score (nSPS) is 16.6. The predicted octanol–water partition coefficient (Wildman–Crippen LogP) is 1.86. The van der Waals surface area contributed by atoms with Crippen LogP contribution in [0.25, 0.3) is 0 Å². The molecule has 0 radical (unpaired) electrons. The van der Waals surface area contributed by atoms with E-state index >= 15 is 0 Å². The highest BCUT2D eigenvalue weighted by Gasteiger charge is 2.16. The van der Waals surface area contributed by atoms with Gasteiger partial charge >= 0.3 is 0 Å². The average molecular weight is 317 g/mol. The molecule has 0 atom stereocenters. The van der Waals surface area contributed by atoms with E-state index in [0.717, 1.165) is 58.8 Å². The molecule has 1 aromatic rings. The fraction of sp³-hybridized carbons (Fsp3) is 0.611. The van der Waals surface area contributed by atoms with Crippen LogP contribution in [0.4, 0.5) is 5.69 Å². The molecule has 0 amide bonds. The summed E-state index contributed by atoms with van der Waals surface area (Å²) in [5.41, 5.74) is 7.33. The maximum absolute atomic E-state index is 6.00. The molecule has 0 spiro atoms. The maximum Gasteiger partial charge on any atom is 0.191 e. The summed E-state index contributed by atoms with van der Waals surface area (Å²) in [6.45, 7) is 12.5. The van der Waals surface area contributed by atoms with Gasteiger partial charge in [0.15, 0.2) is 5.96 Å². The molecule has 1 fully saturated rings. The van der Waals surface area contributed by atoms with Crippen molar-refractivity contribution < 1.29 is 0 Å². The van der Waals surface area contributed by atoms with E-state index in [0.29, 0.717) is 5.96 Å². The summed E-state index contributed by atoms with van der Waals surface area (Å²) in [4.78, 5) is 11.6. The molecule has 0 bridgehead atoms. The Hall–Kier alpha value is -1.75.